The number of β-amino-alcohol motifs (C(OH)–C–C–N with tert-alkyl or cyclic N) is 1. The van der Waals surface area contributed by atoms with E-state index in [0.29, 0.717) is 12.2 Å². The maximum atomic E-state index is 10.1. The lowest BCUT2D eigenvalue weighted by Gasteiger charge is -2.42. The molecule has 1 aromatic carbocycles. The molecule has 9 nitrogen and oxygen atoms in total. The molecule has 2 aromatic heterocycles. The van der Waals surface area contributed by atoms with Crippen molar-refractivity contribution in [1.82, 2.24) is 15.1 Å². The summed E-state index contributed by atoms with van der Waals surface area (Å²) in [5, 5.41) is 51.4. The van der Waals surface area contributed by atoms with Gasteiger partial charge in [0.1, 0.15) is 18.0 Å². The number of hydrogen-bond donors (Lipinski definition) is 5. The van der Waals surface area contributed by atoms with E-state index in [1.807, 2.05) is 43.3 Å². The summed E-state index contributed by atoms with van der Waals surface area (Å²) in [4.78, 5) is 1.70. The molecule has 0 unspecified atom stereocenters. The first kappa shape index (κ1) is 22.4. The van der Waals surface area contributed by atoms with Crippen molar-refractivity contribution in [3.05, 3.63) is 65.7 Å². The van der Waals surface area contributed by atoms with E-state index in [4.69, 9.17) is 4.42 Å². The average molecular weight is 441 g/mol. The number of aliphatic hydroxyl groups is 4. The third kappa shape index (κ3) is 4.98. The molecule has 0 saturated carbocycles. The molecule has 1 fully saturated rings. The van der Waals surface area contributed by atoms with E-state index in [-0.39, 0.29) is 19.7 Å². The number of aliphatic hydroxyl groups excluding tert-OH is 4. The molecule has 4 atom stereocenters. The van der Waals surface area contributed by atoms with Gasteiger partial charge in [-0.1, -0.05) is 0 Å². The van der Waals surface area contributed by atoms with Gasteiger partial charge < -0.3 is 30.2 Å². The van der Waals surface area contributed by atoms with Crippen molar-refractivity contribution in [3.8, 4) is 11.3 Å². The summed E-state index contributed by atoms with van der Waals surface area (Å²) in [5.41, 5.74) is 4.44. The molecule has 4 rings (SSSR count). The van der Waals surface area contributed by atoms with Gasteiger partial charge in [0, 0.05) is 24.3 Å². The first-order valence-corrected chi connectivity index (χ1v) is 10.5. The Balaban J connectivity index is 1.38. The first-order valence-electron chi connectivity index (χ1n) is 10.5. The maximum Gasteiger partial charge on any atom is 0.133 e. The number of nitrogens with zero attached hydrogens (tertiary/aromatic N) is 3. The Hall–Kier alpha value is -2.82. The molecule has 3 aromatic rings. The molecule has 32 heavy (non-hydrogen) atoms. The zero-order valence-corrected chi connectivity index (χ0v) is 17.8. The highest BCUT2D eigenvalue weighted by molar-refractivity contribution is 5.65. The molecule has 5 N–H and O–H groups in total. The number of furan rings is 1. The van der Waals surface area contributed by atoms with Crippen LogP contribution in [-0.4, -0.2) is 73.0 Å². The summed E-state index contributed by atoms with van der Waals surface area (Å²) in [5.74, 6) is 0.808. The number of likely N-dealkylation sites (tertiary alicyclic amines) is 1. The summed E-state index contributed by atoms with van der Waals surface area (Å²) >= 11 is 0. The lowest BCUT2D eigenvalue weighted by atomic mass is 9.94. The molecule has 0 amide bonds. The van der Waals surface area contributed by atoms with Gasteiger partial charge in [0.05, 0.1) is 42.9 Å². The Morgan fingerprint density at radius 2 is 1.84 bits per heavy atom. The Labute approximate surface area is 186 Å². The largest absolute Gasteiger partial charge is 0.464 e. The fourth-order valence-corrected chi connectivity index (χ4v) is 4.00. The van der Waals surface area contributed by atoms with Gasteiger partial charge in [-0.05, 0) is 55.0 Å². The molecule has 1 aliphatic heterocycles. The number of benzene rings is 1. The van der Waals surface area contributed by atoms with Gasteiger partial charge in [0.2, 0.25) is 0 Å². The molecular formula is C23H28N4O5. The second-order valence-corrected chi connectivity index (χ2v) is 8.16. The van der Waals surface area contributed by atoms with Gasteiger partial charge >= 0.3 is 0 Å². The van der Waals surface area contributed by atoms with Crippen molar-refractivity contribution in [3.63, 3.8) is 0 Å². The Morgan fingerprint density at radius 3 is 2.53 bits per heavy atom. The number of piperidine rings is 1. The van der Waals surface area contributed by atoms with E-state index in [2.05, 4.69) is 21.6 Å². The molecule has 9 heteroatoms. The number of rotatable bonds is 7. The molecule has 1 aliphatic rings. The molecule has 0 bridgehead atoms. The lowest BCUT2D eigenvalue weighted by Crippen LogP contribution is -2.62. The second kappa shape index (κ2) is 9.76. The predicted octanol–water partition coefficient (Wildman–Crippen LogP) is 0.916. The van der Waals surface area contributed by atoms with Gasteiger partial charge in [-0.25, -0.2) is 0 Å². The van der Waals surface area contributed by atoms with Crippen LogP contribution in [0.4, 0.5) is 5.69 Å². The minimum atomic E-state index is -1.28. The van der Waals surface area contributed by atoms with Crippen LogP contribution in [0.25, 0.3) is 11.3 Å². The summed E-state index contributed by atoms with van der Waals surface area (Å²) < 4.78 is 5.49. The smallest absolute Gasteiger partial charge is 0.133 e. The van der Waals surface area contributed by atoms with Crippen LogP contribution in [-0.2, 0) is 13.1 Å². The molecule has 170 valence electrons. The highest BCUT2D eigenvalue weighted by atomic mass is 16.4. The van der Waals surface area contributed by atoms with Crippen LogP contribution in [0, 0.1) is 6.92 Å². The van der Waals surface area contributed by atoms with Gasteiger partial charge in [0.25, 0.3) is 0 Å². The minimum absolute atomic E-state index is 0.125. The third-order valence-corrected chi connectivity index (χ3v) is 5.71. The second-order valence-electron chi connectivity index (χ2n) is 8.16. The molecule has 0 aliphatic carbocycles. The lowest BCUT2D eigenvalue weighted by molar-refractivity contribution is -0.147. The van der Waals surface area contributed by atoms with Gasteiger partial charge in [-0.2, -0.15) is 10.2 Å². The highest BCUT2D eigenvalue weighted by Crippen LogP contribution is 2.25. The SMILES string of the molecule is Cc1cc(NCc2ccc(CN3C[C@H](O)[C@@H](O)[C@H](O)[C@H]3CO)nn2)cc(-c2ccco2)c1. The summed E-state index contributed by atoms with van der Waals surface area (Å²) in [6.45, 7) is 2.59. The van der Waals surface area contributed by atoms with Crippen LogP contribution >= 0.6 is 0 Å². The topological polar surface area (TPSA) is 135 Å². The van der Waals surface area contributed by atoms with Crippen LogP contribution < -0.4 is 5.32 Å². The van der Waals surface area contributed by atoms with Crippen LogP contribution in [0.5, 0.6) is 0 Å². The van der Waals surface area contributed by atoms with Gasteiger partial charge in [-0.15, -0.1) is 0 Å². The normalized spacial score (nSPS) is 23.9. The van der Waals surface area contributed by atoms with E-state index in [0.717, 1.165) is 28.3 Å². The molecule has 3 heterocycles. The number of aryl methyl sites for hydroxylation is 1. The van der Waals surface area contributed by atoms with Crippen LogP contribution in [0.1, 0.15) is 17.0 Å². The van der Waals surface area contributed by atoms with Crippen molar-refractivity contribution >= 4 is 5.69 Å². The Kier molecular flexibility index (Phi) is 6.83. The van der Waals surface area contributed by atoms with Crippen LogP contribution in [0.2, 0.25) is 0 Å². The number of hydrogen-bond acceptors (Lipinski definition) is 9. The fourth-order valence-electron chi connectivity index (χ4n) is 4.00. The third-order valence-electron chi connectivity index (χ3n) is 5.71. The van der Waals surface area contributed by atoms with Crippen molar-refractivity contribution in [2.75, 3.05) is 18.5 Å². The summed E-state index contributed by atoms with van der Waals surface area (Å²) in [6, 6.07) is 12.9. The maximum absolute atomic E-state index is 10.1. The first-order chi connectivity index (χ1) is 15.4. The predicted molar refractivity (Wildman–Crippen MR) is 118 cm³/mol. The van der Waals surface area contributed by atoms with Crippen molar-refractivity contribution in [2.45, 2.75) is 44.4 Å². The van der Waals surface area contributed by atoms with Gasteiger partial charge in [0.15, 0.2) is 0 Å². The van der Waals surface area contributed by atoms with E-state index in [9.17, 15) is 20.4 Å². The summed E-state index contributed by atoms with van der Waals surface area (Å²) in [6.07, 6.45) is -1.96. The van der Waals surface area contributed by atoms with Crippen LogP contribution in [0.3, 0.4) is 0 Å². The Bertz CT molecular complexity index is 1010. The monoisotopic (exact) mass is 440 g/mol. The van der Waals surface area contributed by atoms with Crippen molar-refractivity contribution in [2.24, 2.45) is 0 Å². The zero-order valence-electron chi connectivity index (χ0n) is 17.8. The number of aromatic nitrogens is 2. The van der Waals surface area contributed by atoms with Gasteiger partial charge in [-0.3, -0.25) is 4.90 Å². The zero-order chi connectivity index (χ0) is 22.7. The van der Waals surface area contributed by atoms with Crippen molar-refractivity contribution in [1.29, 1.82) is 0 Å². The van der Waals surface area contributed by atoms with E-state index >= 15 is 0 Å². The standard InChI is InChI=1S/C23H28N4O5/c1-14-7-15(21-3-2-6-32-21)9-18(8-14)24-10-16-4-5-17(26-25-16)11-27-12-20(29)23(31)22(30)19(27)13-28/h2-9,19-20,22-24,28-31H,10-13H2,1H3/t19-,20+,22-,23-/m1/s1. The minimum Gasteiger partial charge on any atom is -0.464 e. The van der Waals surface area contributed by atoms with E-state index in [1.54, 1.807) is 11.2 Å². The molecule has 1 saturated heterocycles. The Morgan fingerprint density at radius 1 is 1.06 bits per heavy atom. The molecule has 0 radical (unpaired) electrons. The van der Waals surface area contributed by atoms with Crippen LogP contribution in [0.15, 0.2) is 53.1 Å². The average Bonchev–Trinajstić information content (AvgIpc) is 3.32. The summed E-state index contributed by atoms with van der Waals surface area (Å²) in [7, 11) is 0. The number of anilines is 1. The fraction of sp³-hybridized carbons (Fsp3) is 0.391. The highest BCUT2D eigenvalue weighted by Gasteiger charge is 2.41. The van der Waals surface area contributed by atoms with E-state index in [1.165, 1.54) is 0 Å². The molecule has 0 spiro atoms. The van der Waals surface area contributed by atoms with Crippen molar-refractivity contribution < 1.29 is 24.8 Å². The number of nitrogens with one attached hydrogen (secondary N) is 1. The quantitative estimate of drug-likeness (QED) is 0.363. The van der Waals surface area contributed by atoms with E-state index < -0.39 is 24.4 Å². The molecular weight excluding hydrogens is 412 g/mol.